The lowest BCUT2D eigenvalue weighted by molar-refractivity contribution is -0.155. The molecule has 1 unspecified atom stereocenters. The highest BCUT2D eigenvalue weighted by Crippen LogP contribution is 2.25. The lowest BCUT2D eigenvalue weighted by Crippen LogP contribution is -2.30. The van der Waals surface area contributed by atoms with E-state index in [0.717, 1.165) is 24.1 Å². The van der Waals surface area contributed by atoms with Gasteiger partial charge in [0.2, 0.25) is 0 Å². The largest absolute Gasteiger partial charge is 0.490 e. The fraction of sp³-hybridized carbons (Fsp3) is 0.325. The molecule has 0 amide bonds. The van der Waals surface area contributed by atoms with Gasteiger partial charge in [0, 0.05) is 25.2 Å². The molecule has 12 nitrogen and oxygen atoms in total. The molecule has 52 heavy (non-hydrogen) atoms. The number of unbranched alkanes of at least 4 members (excludes halogenated alkanes) is 1. The van der Waals surface area contributed by atoms with E-state index in [-0.39, 0.29) is 44.8 Å². The van der Waals surface area contributed by atoms with Crippen molar-refractivity contribution in [3.8, 4) is 17.2 Å². The molecular weight excluding hydrogens is 672 g/mol. The number of hydrogen-bond donors (Lipinski definition) is 0. The van der Waals surface area contributed by atoms with E-state index >= 15 is 0 Å². The Balaban J connectivity index is 1.51. The Morgan fingerprint density at radius 2 is 1.27 bits per heavy atom. The van der Waals surface area contributed by atoms with Crippen molar-refractivity contribution >= 4 is 29.8 Å². The van der Waals surface area contributed by atoms with E-state index in [1.165, 1.54) is 12.1 Å². The molecule has 0 aliphatic rings. The normalized spacial score (nSPS) is 11.0. The van der Waals surface area contributed by atoms with Gasteiger partial charge in [0.25, 0.3) is 0 Å². The molecule has 0 saturated carbocycles. The van der Waals surface area contributed by atoms with Gasteiger partial charge in [-0.05, 0) is 98.3 Å². The fourth-order valence-corrected chi connectivity index (χ4v) is 4.44. The number of carbonyl (C=O) groups excluding carboxylic acids is 5. The van der Waals surface area contributed by atoms with Crippen LogP contribution < -0.4 is 14.2 Å². The molecule has 0 heterocycles. The van der Waals surface area contributed by atoms with E-state index in [1.807, 2.05) is 19.1 Å². The molecule has 12 heteroatoms. The summed E-state index contributed by atoms with van der Waals surface area (Å²) >= 11 is 0. The molecule has 0 bridgehead atoms. The molecule has 0 aliphatic carbocycles. The molecule has 0 saturated heterocycles. The summed E-state index contributed by atoms with van der Waals surface area (Å²) in [4.78, 5) is 60.3. The van der Waals surface area contributed by atoms with Crippen molar-refractivity contribution in [2.45, 2.75) is 52.1 Å². The molecule has 3 rings (SSSR count). The predicted molar refractivity (Wildman–Crippen MR) is 190 cm³/mol. The molecule has 276 valence electrons. The maximum Gasteiger partial charge on any atom is 0.343 e. The monoisotopic (exact) mass is 716 g/mol. The van der Waals surface area contributed by atoms with E-state index in [0.29, 0.717) is 47.8 Å². The summed E-state index contributed by atoms with van der Waals surface area (Å²) in [6.45, 7) is 11.0. The fourth-order valence-electron chi connectivity index (χ4n) is 4.44. The van der Waals surface area contributed by atoms with Crippen LogP contribution in [0.3, 0.4) is 0 Å². The quantitative estimate of drug-likeness (QED) is 0.0376. The van der Waals surface area contributed by atoms with Gasteiger partial charge in [-0.2, -0.15) is 0 Å². The zero-order valence-corrected chi connectivity index (χ0v) is 29.5. The van der Waals surface area contributed by atoms with Gasteiger partial charge in [-0.25, -0.2) is 19.2 Å². The number of benzene rings is 3. The van der Waals surface area contributed by atoms with Crippen LogP contribution in [0.25, 0.3) is 0 Å². The lowest BCUT2D eigenvalue weighted by Gasteiger charge is -2.19. The number of aryl methyl sites for hydroxylation is 2. The first-order valence-electron chi connectivity index (χ1n) is 16.8. The summed E-state index contributed by atoms with van der Waals surface area (Å²) in [5.74, 6) is -1.66. The predicted octanol–water partition coefficient (Wildman–Crippen LogP) is 6.32. The van der Waals surface area contributed by atoms with Crippen LogP contribution in [-0.2, 0) is 39.8 Å². The standard InChI is InChI=1S/C40H44O12/c1-5-29-12-14-30(15-13-29)39(44)51-33-20-21-35(28(4)25-33)52-40(45)31-16-18-32(19-17-31)49-27-34(26-46-22-8-9-23-47-36(41)6-2)50-38(43)11-10-24-48-37(42)7-3/h6-7,12-21,25,34H,2-3,5,8-11,22-24,26-27H2,1,4H3. The average molecular weight is 717 g/mol. The molecule has 3 aromatic carbocycles. The maximum atomic E-state index is 12.9. The Morgan fingerprint density at radius 3 is 1.88 bits per heavy atom. The number of ether oxygens (including phenoxy) is 7. The van der Waals surface area contributed by atoms with Crippen LogP contribution in [0.15, 0.2) is 92.0 Å². The van der Waals surface area contributed by atoms with Crippen LogP contribution >= 0.6 is 0 Å². The first kappa shape index (κ1) is 40.7. The molecule has 0 radical (unpaired) electrons. The van der Waals surface area contributed by atoms with Crippen LogP contribution in [0.5, 0.6) is 17.2 Å². The first-order valence-corrected chi connectivity index (χ1v) is 16.8. The lowest BCUT2D eigenvalue weighted by atomic mass is 10.1. The number of hydrogen-bond acceptors (Lipinski definition) is 12. The first-order chi connectivity index (χ1) is 25.1. The third-order valence-electron chi connectivity index (χ3n) is 7.32. The molecule has 0 aromatic heterocycles. The smallest absolute Gasteiger partial charge is 0.343 e. The molecule has 1 atom stereocenters. The van der Waals surface area contributed by atoms with E-state index in [4.69, 9.17) is 33.2 Å². The average Bonchev–Trinajstić information content (AvgIpc) is 3.15. The molecule has 3 aromatic rings. The zero-order chi connectivity index (χ0) is 37.7. The minimum atomic E-state index is -0.765. The minimum absolute atomic E-state index is 0.00720. The summed E-state index contributed by atoms with van der Waals surface area (Å²) in [7, 11) is 0. The van der Waals surface area contributed by atoms with Gasteiger partial charge in [-0.3, -0.25) is 4.79 Å². The maximum absolute atomic E-state index is 12.9. The molecular formula is C40H44O12. The van der Waals surface area contributed by atoms with Gasteiger partial charge < -0.3 is 33.2 Å². The van der Waals surface area contributed by atoms with Crippen LogP contribution in [0.4, 0.5) is 0 Å². The van der Waals surface area contributed by atoms with E-state index < -0.39 is 36.0 Å². The van der Waals surface area contributed by atoms with E-state index in [2.05, 4.69) is 13.2 Å². The Bertz CT molecular complexity index is 1660. The summed E-state index contributed by atoms with van der Waals surface area (Å²) in [5, 5.41) is 0. The second kappa shape index (κ2) is 22.1. The second-order valence-electron chi connectivity index (χ2n) is 11.3. The van der Waals surface area contributed by atoms with E-state index in [1.54, 1.807) is 49.4 Å². The molecule has 0 spiro atoms. The Kier molecular flexibility index (Phi) is 17.3. The topological polar surface area (TPSA) is 150 Å². The molecule has 0 fully saturated rings. The highest BCUT2D eigenvalue weighted by atomic mass is 16.6. The van der Waals surface area contributed by atoms with Crippen molar-refractivity contribution in [1.29, 1.82) is 0 Å². The summed E-state index contributed by atoms with van der Waals surface area (Å²) in [5.41, 5.74) is 2.40. The van der Waals surface area contributed by atoms with Gasteiger partial charge in [-0.1, -0.05) is 32.2 Å². The van der Waals surface area contributed by atoms with Crippen molar-refractivity contribution in [3.05, 3.63) is 114 Å². The highest BCUT2D eigenvalue weighted by Gasteiger charge is 2.18. The second-order valence-corrected chi connectivity index (χ2v) is 11.3. The van der Waals surface area contributed by atoms with Crippen molar-refractivity contribution in [2.24, 2.45) is 0 Å². The van der Waals surface area contributed by atoms with Crippen molar-refractivity contribution < 1.29 is 57.1 Å². The van der Waals surface area contributed by atoms with Crippen LogP contribution in [0.1, 0.15) is 64.4 Å². The van der Waals surface area contributed by atoms with Crippen LogP contribution in [-0.4, -0.2) is 69.0 Å². The molecule has 0 aliphatic heterocycles. The van der Waals surface area contributed by atoms with Crippen LogP contribution in [0.2, 0.25) is 0 Å². The van der Waals surface area contributed by atoms with Gasteiger partial charge in [-0.15, -0.1) is 0 Å². The third-order valence-corrected chi connectivity index (χ3v) is 7.32. The Hall–Kier alpha value is -5.75. The van der Waals surface area contributed by atoms with Crippen molar-refractivity contribution in [3.63, 3.8) is 0 Å². The van der Waals surface area contributed by atoms with Gasteiger partial charge in [0.15, 0.2) is 6.10 Å². The summed E-state index contributed by atoms with van der Waals surface area (Å²) < 4.78 is 38.0. The summed E-state index contributed by atoms with van der Waals surface area (Å²) in [6, 6.07) is 18.2. The van der Waals surface area contributed by atoms with Gasteiger partial charge >= 0.3 is 29.8 Å². The highest BCUT2D eigenvalue weighted by molar-refractivity contribution is 5.92. The summed E-state index contributed by atoms with van der Waals surface area (Å²) in [6.07, 6.45) is 3.68. The van der Waals surface area contributed by atoms with Gasteiger partial charge in [0.05, 0.1) is 30.9 Å². The van der Waals surface area contributed by atoms with E-state index in [9.17, 15) is 24.0 Å². The minimum Gasteiger partial charge on any atom is -0.490 e. The van der Waals surface area contributed by atoms with Crippen LogP contribution in [0, 0.1) is 6.92 Å². The Morgan fingerprint density at radius 1 is 0.692 bits per heavy atom. The Labute approximate surface area is 303 Å². The van der Waals surface area contributed by atoms with Crippen molar-refractivity contribution in [1.82, 2.24) is 0 Å². The number of esters is 5. The van der Waals surface area contributed by atoms with Crippen molar-refractivity contribution in [2.75, 3.05) is 33.0 Å². The molecule has 0 N–H and O–H groups in total. The third kappa shape index (κ3) is 14.6. The number of carbonyl (C=O) groups is 5. The SMILES string of the molecule is C=CC(=O)OCCCCOCC(COc1ccc(C(=O)Oc2ccc(OC(=O)c3ccc(CC)cc3)cc2C)cc1)OC(=O)CCCOC(=O)C=C. The van der Waals surface area contributed by atoms with Gasteiger partial charge in [0.1, 0.15) is 23.9 Å². The zero-order valence-electron chi connectivity index (χ0n) is 29.5. The number of rotatable bonds is 22.